The number of guanidine groups is 1. The van der Waals surface area contributed by atoms with Crippen LogP contribution in [-0.2, 0) is 62.5 Å². The van der Waals surface area contributed by atoms with Crippen LogP contribution in [0.3, 0.4) is 0 Å². The number of fused-ring (bicyclic) bond motifs is 2. The molecular formula is C58H85N19O11. The number of primary amides is 1. The van der Waals surface area contributed by atoms with Crippen molar-refractivity contribution < 1.29 is 48.3 Å². The van der Waals surface area contributed by atoms with Gasteiger partial charge in [-0.25, -0.2) is 9.97 Å². The number of hydrogen-bond acceptors (Lipinski definition) is 17. The molecule has 0 radical (unpaired) electrons. The molecule has 9 amide bonds. The Labute approximate surface area is 509 Å². The van der Waals surface area contributed by atoms with E-state index < -0.39 is 102 Å². The first kappa shape index (κ1) is 67.9. The number of nitrogens with two attached hydrogens (primary N) is 4. The fourth-order valence-electron chi connectivity index (χ4n) is 10.5. The maximum Gasteiger partial charge on any atom is 0.261 e. The van der Waals surface area contributed by atoms with Gasteiger partial charge in [0.25, 0.3) is 11.5 Å². The third-order valence-electron chi connectivity index (χ3n) is 15.6. The van der Waals surface area contributed by atoms with Crippen molar-refractivity contribution in [3.8, 4) is 5.75 Å². The summed E-state index contributed by atoms with van der Waals surface area (Å²) in [7, 11) is 1.31. The number of phenols is 1. The number of nitrogens with one attached hydrogen (secondary N) is 9. The van der Waals surface area contributed by atoms with E-state index in [1.807, 2.05) is 18.7 Å². The van der Waals surface area contributed by atoms with Crippen molar-refractivity contribution >= 4 is 81.5 Å². The molecule has 6 rings (SSSR count). The number of hydrogen-bond donors (Lipinski definition) is 14. The number of aromatic nitrogens is 4. The largest absolute Gasteiger partial charge is 0.508 e. The van der Waals surface area contributed by atoms with Crippen LogP contribution in [0.25, 0.3) is 10.9 Å². The van der Waals surface area contributed by atoms with E-state index in [1.165, 1.54) is 44.0 Å². The molecule has 2 aliphatic heterocycles. The van der Waals surface area contributed by atoms with Gasteiger partial charge in [-0.05, 0) is 92.8 Å². The molecule has 4 aromatic rings. The van der Waals surface area contributed by atoms with Crippen LogP contribution in [0.4, 0.5) is 11.5 Å². The van der Waals surface area contributed by atoms with Crippen LogP contribution < -0.4 is 75.5 Å². The van der Waals surface area contributed by atoms with Crippen molar-refractivity contribution in [2.75, 3.05) is 56.1 Å². The number of rotatable bonds is 31. The Kier molecular flexibility index (Phi) is 24.7. The van der Waals surface area contributed by atoms with Crippen LogP contribution in [0.1, 0.15) is 90.3 Å². The molecule has 0 saturated carbocycles. The summed E-state index contributed by atoms with van der Waals surface area (Å²) in [6, 6.07) is 2.58. The zero-order chi connectivity index (χ0) is 64.4. The minimum Gasteiger partial charge on any atom is -0.508 e. The van der Waals surface area contributed by atoms with Crippen LogP contribution in [-0.4, -0.2) is 177 Å². The van der Waals surface area contributed by atoms with E-state index in [2.05, 4.69) is 52.2 Å². The highest BCUT2D eigenvalue weighted by Gasteiger charge is 2.44. The van der Waals surface area contributed by atoms with E-state index >= 15 is 0 Å². The molecule has 0 aliphatic carbocycles. The van der Waals surface area contributed by atoms with Crippen LogP contribution in [0.5, 0.6) is 5.75 Å². The van der Waals surface area contributed by atoms with E-state index in [0.717, 1.165) is 9.47 Å². The maximum atomic E-state index is 15.0. The smallest absolute Gasteiger partial charge is 0.261 e. The van der Waals surface area contributed by atoms with Gasteiger partial charge in [-0.2, -0.15) is 0 Å². The Morgan fingerprint density at radius 1 is 0.807 bits per heavy atom. The fourth-order valence-corrected chi connectivity index (χ4v) is 10.5. The number of aromatic hydroxyl groups is 1. The molecule has 1 saturated heterocycles. The Hall–Kier alpha value is -9.19. The number of aromatic amines is 1. The summed E-state index contributed by atoms with van der Waals surface area (Å²) in [6.07, 6.45) is 4.22. The molecule has 2 aliphatic rings. The van der Waals surface area contributed by atoms with Gasteiger partial charge < -0.3 is 80.0 Å². The molecule has 0 unspecified atom stereocenters. The molecule has 1 fully saturated rings. The summed E-state index contributed by atoms with van der Waals surface area (Å²) in [5, 5.41) is 36.6. The lowest BCUT2D eigenvalue weighted by Gasteiger charge is -2.38. The van der Waals surface area contributed by atoms with Gasteiger partial charge in [-0.15, -0.1) is 0 Å². The average molecular weight is 1220 g/mol. The molecule has 2 aromatic heterocycles. The normalized spacial score (nSPS) is 16.4. The van der Waals surface area contributed by atoms with Gasteiger partial charge >= 0.3 is 0 Å². The maximum absolute atomic E-state index is 15.0. The Morgan fingerprint density at radius 2 is 1.49 bits per heavy atom. The molecule has 2 aromatic carbocycles. The molecule has 4 heterocycles. The van der Waals surface area contributed by atoms with Crippen LogP contribution in [0.2, 0.25) is 0 Å². The molecule has 88 heavy (non-hydrogen) atoms. The first-order chi connectivity index (χ1) is 41.9. The number of nitrogens with zero attached hydrogens (tertiary/aromatic N) is 6. The highest BCUT2D eigenvalue weighted by Crippen LogP contribution is 2.29. The van der Waals surface area contributed by atoms with Gasteiger partial charge in [0.2, 0.25) is 47.3 Å². The first-order valence-corrected chi connectivity index (χ1v) is 29.6. The molecule has 30 nitrogen and oxygen atoms in total. The zero-order valence-electron chi connectivity index (χ0n) is 50.4. The van der Waals surface area contributed by atoms with Crippen molar-refractivity contribution in [3.05, 3.63) is 76.7 Å². The second-order valence-corrected chi connectivity index (χ2v) is 22.6. The van der Waals surface area contributed by atoms with Crippen molar-refractivity contribution in [1.82, 2.24) is 61.6 Å². The van der Waals surface area contributed by atoms with Crippen molar-refractivity contribution in [2.24, 2.45) is 34.8 Å². The lowest BCUT2D eigenvalue weighted by molar-refractivity contribution is -0.137. The average Bonchev–Trinajstić information content (AvgIpc) is 1.84. The van der Waals surface area contributed by atoms with Crippen molar-refractivity contribution in [3.63, 3.8) is 0 Å². The van der Waals surface area contributed by atoms with Gasteiger partial charge in [-0.3, -0.25) is 62.8 Å². The summed E-state index contributed by atoms with van der Waals surface area (Å²) < 4.78 is 1.09. The quantitative estimate of drug-likeness (QED) is 0.0141. The zero-order valence-corrected chi connectivity index (χ0v) is 50.4. The topological polar surface area (TPSA) is 459 Å². The fraction of sp³-hybridized carbons (Fsp3) is 0.534. The van der Waals surface area contributed by atoms with Crippen molar-refractivity contribution in [2.45, 2.75) is 141 Å². The molecular weight excluding hydrogens is 1140 g/mol. The summed E-state index contributed by atoms with van der Waals surface area (Å²) in [5.41, 5.74) is 24.1. The molecule has 478 valence electrons. The summed E-state index contributed by atoms with van der Waals surface area (Å²) in [4.78, 5) is 155. The Morgan fingerprint density at radius 3 is 2.14 bits per heavy atom. The predicted octanol–water partition coefficient (Wildman–Crippen LogP) is -2.47. The monoisotopic (exact) mass is 1220 g/mol. The first-order valence-electron chi connectivity index (χ1n) is 29.6. The molecule has 8 atom stereocenters. The van der Waals surface area contributed by atoms with Gasteiger partial charge in [-0.1, -0.05) is 46.2 Å². The minimum atomic E-state index is -1.46. The number of amides is 9. The van der Waals surface area contributed by atoms with Crippen molar-refractivity contribution in [1.29, 1.82) is 5.41 Å². The summed E-state index contributed by atoms with van der Waals surface area (Å²) in [6.45, 7) is 8.87. The van der Waals surface area contributed by atoms with E-state index in [-0.39, 0.29) is 90.9 Å². The number of phenolic OH excluding ortho intramolecular Hbond substituents is 1. The highest BCUT2D eigenvalue weighted by atomic mass is 16.3. The number of piperazine rings is 1. The lowest BCUT2D eigenvalue weighted by Crippen LogP contribution is -2.63. The number of imidazole rings is 1. The number of H-pyrrole nitrogens is 1. The Balaban J connectivity index is 1.20. The SMILES string of the molecule is CC[C@H](C)[C@H](N)C(=O)N[C@@H](CCCCN)C(=O)N1CCN(c2ccc3ncn(CC(=O)N[C@@H](CCCNC(=N)N)C(=O)N[C@H]4Cc5nc[nH]c5N([C@@H](Cc5ccc(O)cc5)C(=O)N[C@@H](CC(C)C)C(=O)N[C@@H](CC(N)=O)C(=O)NC)C4=O)c(=O)c3c2)CC1. The van der Waals surface area contributed by atoms with E-state index in [0.29, 0.717) is 75.2 Å². The van der Waals surface area contributed by atoms with E-state index in [4.69, 9.17) is 28.3 Å². The molecule has 30 heteroatoms. The standard InChI is InChI=1S/C58H85N19O11/c1-6-33(4)48(61)54(85)70-40(10-7-8-18-59)56(87)75-22-20-74(21-23-75)35-14-17-38-37(26-35)55(86)76(31-68-38)29-47(80)69-39(11-9-19-65-58(62)63)51(82)73-44-27-41-49(67-30-66-41)77(57(44)88)45(25-34-12-15-36(78)16-13-34)53(84)72-42(24-32(2)3)52(83)71-43(28-46(60)79)50(81)64-5/h12-17,26,30-33,39-40,42-45,48,78H,6-11,18-25,27-29,59,61H2,1-5H3,(H2,60,79)(H,64,81)(H,66,67)(H,69,80)(H,70,85)(H,71,83)(H,72,84)(H,73,82)(H4,62,63,65)/t33-,39-,40-,42-,43-,44-,45-,48-/m0/s1. The Bertz CT molecular complexity index is 3200. The minimum absolute atomic E-state index is 0.0477. The highest BCUT2D eigenvalue weighted by molar-refractivity contribution is 6.07. The summed E-state index contributed by atoms with van der Waals surface area (Å²) in [5.74, 6) is -6.79. The third kappa shape index (κ3) is 18.4. The van der Waals surface area contributed by atoms with E-state index in [1.54, 1.807) is 36.9 Å². The van der Waals surface area contributed by atoms with Crippen LogP contribution in [0.15, 0.2) is 59.9 Å². The van der Waals surface area contributed by atoms with Gasteiger partial charge in [0.15, 0.2) is 5.96 Å². The van der Waals surface area contributed by atoms with Crippen LogP contribution in [0, 0.1) is 17.2 Å². The number of unbranched alkanes of at least 4 members (excludes halogenated alkanes) is 1. The van der Waals surface area contributed by atoms with Crippen LogP contribution >= 0.6 is 0 Å². The molecule has 0 bridgehead atoms. The predicted molar refractivity (Wildman–Crippen MR) is 327 cm³/mol. The van der Waals surface area contributed by atoms with Gasteiger partial charge in [0, 0.05) is 58.3 Å². The second kappa shape index (κ2) is 32.0. The molecule has 18 N–H and O–H groups in total. The van der Waals surface area contributed by atoms with Gasteiger partial charge in [0.1, 0.15) is 54.4 Å². The number of carbonyl (C=O) groups is 9. The van der Waals surface area contributed by atoms with E-state index in [9.17, 15) is 53.1 Å². The second-order valence-electron chi connectivity index (χ2n) is 22.6. The summed E-state index contributed by atoms with van der Waals surface area (Å²) >= 11 is 0. The third-order valence-corrected chi connectivity index (χ3v) is 15.6. The number of benzene rings is 2. The number of anilines is 2. The lowest BCUT2D eigenvalue weighted by atomic mass is 9.96. The number of likely N-dealkylation sites (N-methyl/N-ethyl adjacent to an activating group) is 1. The molecule has 0 spiro atoms. The van der Waals surface area contributed by atoms with Gasteiger partial charge in [0.05, 0.1) is 41.7 Å². The number of carbonyl (C=O) groups excluding carboxylic acids is 9.